The summed E-state index contributed by atoms with van der Waals surface area (Å²) in [5.74, 6) is -1.23. The maximum absolute atomic E-state index is 11.4. The van der Waals surface area contributed by atoms with E-state index >= 15 is 0 Å². The number of carbonyl (C=O) groups is 1. The SMILES string of the molecule is CCNS(=O)(=O)NC(C(=O)O)c1cccs1. The predicted octanol–water partition coefficient (Wildman–Crippen LogP) is 0.318. The molecule has 0 spiro atoms. The molecule has 8 heteroatoms. The van der Waals surface area contributed by atoms with Crippen LogP contribution in [-0.4, -0.2) is 26.0 Å². The van der Waals surface area contributed by atoms with Crippen molar-refractivity contribution in [1.29, 1.82) is 0 Å². The predicted molar refractivity (Wildman–Crippen MR) is 60.4 cm³/mol. The Morgan fingerprint density at radius 1 is 1.62 bits per heavy atom. The minimum absolute atomic E-state index is 0.201. The van der Waals surface area contributed by atoms with E-state index in [-0.39, 0.29) is 6.54 Å². The van der Waals surface area contributed by atoms with Crippen molar-refractivity contribution in [3.63, 3.8) is 0 Å². The number of thiophene rings is 1. The molecule has 16 heavy (non-hydrogen) atoms. The fourth-order valence-corrected chi connectivity index (χ4v) is 2.92. The molecule has 0 aromatic carbocycles. The van der Waals surface area contributed by atoms with Crippen molar-refractivity contribution in [2.24, 2.45) is 0 Å². The van der Waals surface area contributed by atoms with Gasteiger partial charge in [0.25, 0.3) is 10.2 Å². The number of carboxylic acid groups (broad SMARTS) is 1. The molecule has 0 saturated carbocycles. The highest BCUT2D eigenvalue weighted by Gasteiger charge is 2.25. The van der Waals surface area contributed by atoms with Crippen molar-refractivity contribution in [3.8, 4) is 0 Å². The summed E-state index contributed by atoms with van der Waals surface area (Å²) in [6, 6.07) is 1.99. The highest BCUT2D eigenvalue weighted by Crippen LogP contribution is 2.19. The topological polar surface area (TPSA) is 95.5 Å². The Balaban J connectivity index is 2.86. The van der Waals surface area contributed by atoms with Crippen LogP contribution < -0.4 is 9.44 Å². The molecule has 1 unspecified atom stereocenters. The summed E-state index contributed by atoms with van der Waals surface area (Å²) in [7, 11) is -3.78. The largest absolute Gasteiger partial charge is 0.480 e. The standard InChI is InChI=1S/C8H12N2O4S2/c1-2-9-16(13,14)10-7(8(11)12)6-4-3-5-15-6/h3-5,7,9-10H,2H2,1H3,(H,11,12). The zero-order valence-electron chi connectivity index (χ0n) is 8.50. The Hall–Kier alpha value is -0.960. The van der Waals surface area contributed by atoms with E-state index in [9.17, 15) is 13.2 Å². The van der Waals surface area contributed by atoms with Gasteiger partial charge in [-0.15, -0.1) is 11.3 Å². The molecule has 0 radical (unpaired) electrons. The van der Waals surface area contributed by atoms with Crippen LogP contribution in [0.4, 0.5) is 0 Å². The van der Waals surface area contributed by atoms with E-state index < -0.39 is 22.2 Å². The fraction of sp³-hybridized carbons (Fsp3) is 0.375. The molecule has 0 saturated heterocycles. The van der Waals surface area contributed by atoms with E-state index in [1.54, 1.807) is 24.4 Å². The van der Waals surface area contributed by atoms with E-state index in [1.807, 2.05) is 0 Å². The second-order valence-corrected chi connectivity index (χ2v) is 5.42. The maximum atomic E-state index is 11.4. The van der Waals surface area contributed by atoms with Gasteiger partial charge in [-0.3, -0.25) is 4.79 Å². The van der Waals surface area contributed by atoms with Crippen molar-refractivity contribution >= 4 is 27.5 Å². The summed E-state index contributed by atoms with van der Waals surface area (Å²) in [4.78, 5) is 11.4. The second-order valence-electron chi connectivity index (χ2n) is 2.91. The Bertz CT molecular complexity index is 441. The molecule has 90 valence electrons. The lowest BCUT2D eigenvalue weighted by molar-refractivity contribution is -0.139. The Labute approximate surface area is 97.5 Å². The smallest absolute Gasteiger partial charge is 0.327 e. The summed E-state index contributed by atoms with van der Waals surface area (Å²) in [5, 5.41) is 10.6. The average molecular weight is 264 g/mol. The van der Waals surface area contributed by atoms with Gasteiger partial charge in [0.1, 0.15) is 0 Å². The van der Waals surface area contributed by atoms with Crippen molar-refractivity contribution in [3.05, 3.63) is 22.4 Å². The van der Waals surface area contributed by atoms with Crippen LogP contribution in [0, 0.1) is 0 Å². The molecule has 0 aliphatic rings. The molecule has 3 N–H and O–H groups in total. The first kappa shape index (κ1) is 13.1. The summed E-state index contributed by atoms with van der Waals surface area (Å²) in [5.41, 5.74) is 0. The lowest BCUT2D eigenvalue weighted by atomic mass is 10.3. The van der Waals surface area contributed by atoms with E-state index in [4.69, 9.17) is 5.11 Å². The number of hydrogen-bond donors (Lipinski definition) is 3. The van der Waals surface area contributed by atoms with Crippen LogP contribution in [-0.2, 0) is 15.0 Å². The average Bonchev–Trinajstić information content (AvgIpc) is 2.66. The second kappa shape index (κ2) is 5.39. The normalized spacial score (nSPS) is 13.6. The molecular weight excluding hydrogens is 252 g/mol. The zero-order valence-corrected chi connectivity index (χ0v) is 10.1. The van der Waals surface area contributed by atoms with E-state index in [0.717, 1.165) is 0 Å². The van der Waals surface area contributed by atoms with Crippen molar-refractivity contribution in [1.82, 2.24) is 9.44 Å². The van der Waals surface area contributed by atoms with E-state index in [1.165, 1.54) is 11.3 Å². The molecule has 1 aromatic rings. The van der Waals surface area contributed by atoms with E-state index in [0.29, 0.717) is 4.88 Å². The van der Waals surface area contributed by atoms with Gasteiger partial charge in [-0.25, -0.2) is 4.72 Å². The van der Waals surface area contributed by atoms with Gasteiger partial charge >= 0.3 is 5.97 Å². The fourth-order valence-electron chi connectivity index (χ4n) is 1.07. The third kappa shape index (κ3) is 3.56. The Morgan fingerprint density at radius 3 is 2.75 bits per heavy atom. The van der Waals surface area contributed by atoms with Crippen molar-refractivity contribution < 1.29 is 18.3 Å². The van der Waals surface area contributed by atoms with Crippen LogP contribution in [0.15, 0.2) is 17.5 Å². The first-order chi connectivity index (χ1) is 7.46. The number of hydrogen-bond acceptors (Lipinski definition) is 4. The lowest BCUT2D eigenvalue weighted by Gasteiger charge is -2.13. The minimum atomic E-state index is -3.78. The highest BCUT2D eigenvalue weighted by molar-refractivity contribution is 7.87. The summed E-state index contributed by atoms with van der Waals surface area (Å²) in [6.07, 6.45) is 0. The maximum Gasteiger partial charge on any atom is 0.327 e. The highest BCUT2D eigenvalue weighted by atomic mass is 32.2. The third-order valence-corrected chi connectivity index (χ3v) is 3.83. The summed E-state index contributed by atoms with van der Waals surface area (Å²) < 4.78 is 27.0. The van der Waals surface area contributed by atoms with Crippen LogP contribution in [0.25, 0.3) is 0 Å². The van der Waals surface area contributed by atoms with Gasteiger partial charge in [-0.05, 0) is 11.4 Å². The molecule has 1 atom stereocenters. The van der Waals surface area contributed by atoms with Gasteiger partial charge in [0.2, 0.25) is 0 Å². The van der Waals surface area contributed by atoms with Crippen LogP contribution in [0.1, 0.15) is 17.8 Å². The number of rotatable bonds is 6. The number of nitrogens with one attached hydrogen (secondary N) is 2. The molecule has 0 amide bonds. The molecule has 6 nitrogen and oxygen atoms in total. The Kier molecular flexibility index (Phi) is 4.42. The summed E-state index contributed by atoms with van der Waals surface area (Å²) in [6.45, 7) is 1.81. The van der Waals surface area contributed by atoms with Crippen LogP contribution in [0.2, 0.25) is 0 Å². The van der Waals surface area contributed by atoms with Gasteiger partial charge in [-0.2, -0.15) is 13.1 Å². The monoisotopic (exact) mass is 264 g/mol. The number of carboxylic acids is 1. The molecule has 0 bridgehead atoms. The molecule has 0 fully saturated rings. The van der Waals surface area contributed by atoms with Gasteiger partial charge in [0, 0.05) is 11.4 Å². The van der Waals surface area contributed by atoms with Crippen molar-refractivity contribution in [2.75, 3.05) is 6.54 Å². The lowest BCUT2D eigenvalue weighted by Crippen LogP contribution is -2.41. The molecule has 1 rings (SSSR count). The molecule has 1 heterocycles. The Morgan fingerprint density at radius 2 is 2.31 bits per heavy atom. The van der Waals surface area contributed by atoms with Crippen LogP contribution in [0.3, 0.4) is 0 Å². The van der Waals surface area contributed by atoms with Gasteiger partial charge in [-0.1, -0.05) is 13.0 Å². The van der Waals surface area contributed by atoms with Crippen LogP contribution >= 0.6 is 11.3 Å². The van der Waals surface area contributed by atoms with E-state index in [2.05, 4.69) is 9.44 Å². The first-order valence-corrected chi connectivity index (χ1v) is 6.85. The number of aliphatic carboxylic acids is 1. The minimum Gasteiger partial charge on any atom is -0.480 e. The molecular formula is C8H12N2O4S2. The summed E-state index contributed by atoms with van der Waals surface area (Å²) >= 11 is 1.18. The molecule has 0 aliphatic carbocycles. The van der Waals surface area contributed by atoms with Crippen LogP contribution in [0.5, 0.6) is 0 Å². The third-order valence-electron chi connectivity index (χ3n) is 1.68. The first-order valence-electron chi connectivity index (χ1n) is 4.49. The molecule has 1 aromatic heterocycles. The van der Waals surface area contributed by atoms with Crippen molar-refractivity contribution in [2.45, 2.75) is 13.0 Å². The zero-order chi connectivity index (χ0) is 12.2. The van der Waals surface area contributed by atoms with Gasteiger partial charge in [0.15, 0.2) is 6.04 Å². The molecule has 0 aliphatic heterocycles. The van der Waals surface area contributed by atoms with Gasteiger partial charge in [0.05, 0.1) is 0 Å². The quantitative estimate of drug-likeness (QED) is 0.689. The van der Waals surface area contributed by atoms with Gasteiger partial charge < -0.3 is 5.11 Å².